The average molecular weight is 496 g/mol. The fraction of sp³-hybridized carbons (Fsp3) is 0.269. The second kappa shape index (κ2) is 14.2. The molecule has 0 aliphatic rings. The smallest absolute Gasteiger partial charge is 0.253 e. The van der Waals surface area contributed by atoms with E-state index in [2.05, 4.69) is 18.0 Å². The number of nitrogens with zero attached hydrogens (tertiary/aromatic N) is 4. The van der Waals surface area contributed by atoms with Crippen LogP contribution < -0.4 is 15.1 Å². The van der Waals surface area contributed by atoms with Gasteiger partial charge in [-0.1, -0.05) is 14.0 Å². The highest BCUT2D eigenvalue weighted by Crippen LogP contribution is 2.25. The fourth-order valence-electron chi connectivity index (χ4n) is 2.81. The zero-order chi connectivity index (χ0) is 26.0. The van der Waals surface area contributed by atoms with Crippen molar-refractivity contribution >= 4 is 40.9 Å². The highest BCUT2D eigenvalue weighted by Gasteiger charge is 2.24. The Kier molecular flexibility index (Phi) is 12.6. The van der Waals surface area contributed by atoms with Crippen molar-refractivity contribution in [2.75, 3.05) is 23.9 Å². The van der Waals surface area contributed by atoms with Crippen molar-refractivity contribution in [3.63, 3.8) is 0 Å². The maximum atomic E-state index is 14.5. The number of allylic oxidation sites excluding steroid dienone is 1. The first-order valence-electron chi connectivity index (χ1n) is 10.1. The molecule has 0 radical (unpaired) electrons. The number of nitriles is 2. The molecule has 1 atom stereocenters. The number of carbonyl (C=O) groups excluding carboxylic acids is 2. The van der Waals surface area contributed by atoms with E-state index in [1.807, 2.05) is 19.1 Å². The van der Waals surface area contributed by atoms with Crippen LogP contribution in [0.4, 0.5) is 15.8 Å². The van der Waals surface area contributed by atoms with Gasteiger partial charge in [-0.3, -0.25) is 4.79 Å². The number of nitrogens with one attached hydrogen (secondary N) is 1. The number of benzene rings is 2. The zero-order valence-electron chi connectivity index (χ0n) is 19.7. The van der Waals surface area contributed by atoms with Gasteiger partial charge in [-0.05, 0) is 75.0 Å². The van der Waals surface area contributed by atoms with Gasteiger partial charge in [-0.15, -0.1) is 0 Å². The topological polar surface area (TPSA) is 100 Å². The molecule has 0 heterocycles. The molecule has 1 N–H and O–H groups in total. The molecule has 0 saturated carbocycles. The second-order valence-corrected chi connectivity index (χ2v) is 7.70. The molecular formula is C26H30FN5O2S. The quantitative estimate of drug-likeness (QED) is 0.358. The van der Waals surface area contributed by atoms with Crippen LogP contribution in [0.3, 0.4) is 0 Å². The molecular weight excluding hydrogens is 465 g/mol. The first kappa shape index (κ1) is 30.9. The number of aryl methyl sites for hydroxylation is 1. The third kappa shape index (κ3) is 8.02. The Bertz CT molecular complexity index is 1180. The number of carbonyl (C=O) groups is 2. The second-order valence-electron chi connectivity index (χ2n) is 7.33. The van der Waals surface area contributed by atoms with Gasteiger partial charge in [-0.2, -0.15) is 10.5 Å². The molecule has 0 spiro atoms. The minimum absolute atomic E-state index is 0. The van der Waals surface area contributed by atoms with Gasteiger partial charge in [0.15, 0.2) is 5.11 Å². The number of hydrogen-bond donors (Lipinski definition) is 1. The summed E-state index contributed by atoms with van der Waals surface area (Å²) < 4.78 is 14.5. The summed E-state index contributed by atoms with van der Waals surface area (Å²) in [5, 5.41) is 19.5. The third-order valence-corrected chi connectivity index (χ3v) is 5.18. The summed E-state index contributed by atoms with van der Waals surface area (Å²) in [6.07, 6.45) is 0.703. The molecule has 1 amide bonds. The van der Waals surface area contributed by atoms with Crippen molar-refractivity contribution in [1.29, 1.82) is 10.5 Å². The van der Waals surface area contributed by atoms with E-state index in [1.54, 1.807) is 37.9 Å². The number of rotatable bonds is 5. The van der Waals surface area contributed by atoms with E-state index in [9.17, 15) is 14.0 Å². The van der Waals surface area contributed by atoms with Crippen LogP contribution in [0.1, 0.15) is 42.8 Å². The standard InChI is InChI=1S/C21H21FN4O2S.C4H5N.CH4/c1-13-9-16(6-5-15(13)11-23)25(4)21(29)26(14(2)12-27)17-7-8-18(19(22)10-17)20(28)24-3;1-4(2)3-5;/h5-10,12,14H,1-4H3,(H,24,28);1H2,2H3;1H4. The van der Waals surface area contributed by atoms with Crippen molar-refractivity contribution in [2.45, 2.75) is 34.2 Å². The summed E-state index contributed by atoms with van der Waals surface area (Å²) in [5.74, 6) is -1.26. The Balaban J connectivity index is 0.00000175. The Morgan fingerprint density at radius 3 is 2.23 bits per heavy atom. The van der Waals surface area contributed by atoms with Gasteiger partial charge in [-0.25, -0.2) is 4.39 Å². The third-order valence-electron chi connectivity index (χ3n) is 4.71. The summed E-state index contributed by atoms with van der Waals surface area (Å²) in [6.45, 7) is 8.44. The molecule has 2 rings (SSSR count). The van der Waals surface area contributed by atoms with Crippen molar-refractivity contribution < 1.29 is 14.0 Å². The minimum atomic E-state index is -0.718. The van der Waals surface area contributed by atoms with Crippen LogP contribution in [0.25, 0.3) is 0 Å². The molecule has 184 valence electrons. The van der Waals surface area contributed by atoms with Crippen molar-refractivity contribution in [3.8, 4) is 12.1 Å². The monoisotopic (exact) mass is 495 g/mol. The van der Waals surface area contributed by atoms with E-state index in [0.717, 1.165) is 11.3 Å². The lowest BCUT2D eigenvalue weighted by atomic mass is 10.1. The van der Waals surface area contributed by atoms with Crippen LogP contribution >= 0.6 is 12.2 Å². The van der Waals surface area contributed by atoms with Gasteiger partial charge in [0, 0.05) is 31.0 Å². The van der Waals surface area contributed by atoms with Crippen LogP contribution in [-0.2, 0) is 4.79 Å². The van der Waals surface area contributed by atoms with Crippen molar-refractivity contribution in [3.05, 3.63) is 71.1 Å². The number of halogens is 1. The van der Waals surface area contributed by atoms with Crippen LogP contribution in [-0.4, -0.2) is 37.4 Å². The summed E-state index contributed by atoms with van der Waals surface area (Å²) in [6, 6.07) is 12.6. The summed E-state index contributed by atoms with van der Waals surface area (Å²) >= 11 is 5.59. The molecule has 1 unspecified atom stereocenters. The van der Waals surface area contributed by atoms with Crippen LogP contribution in [0, 0.1) is 35.4 Å². The molecule has 0 aromatic heterocycles. The summed E-state index contributed by atoms with van der Waals surface area (Å²) in [5.41, 5.74) is 2.87. The van der Waals surface area contributed by atoms with Gasteiger partial charge >= 0.3 is 0 Å². The zero-order valence-corrected chi connectivity index (χ0v) is 20.5. The highest BCUT2D eigenvalue weighted by molar-refractivity contribution is 7.80. The van der Waals surface area contributed by atoms with E-state index in [4.69, 9.17) is 22.7 Å². The van der Waals surface area contributed by atoms with E-state index >= 15 is 0 Å². The predicted molar refractivity (Wildman–Crippen MR) is 142 cm³/mol. The number of thiocarbonyl (C=S) groups is 1. The molecule has 9 heteroatoms. The average Bonchev–Trinajstić information content (AvgIpc) is 2.83. The Hall–Kier alpha value is -4.08. The lowest BCUT2D eigenvalue weighted by Gasteiger charge is -2.34. The minimum Gasteiger partial charge on any atom is -0.355 e. The largest absolute Gasteiger partial charge is 0.355 e. The maximum absolute atomic E-state index is 14.5. The Morgan fingerprint density at radius 1 is 1.23 bits per heavy atom. The van der Waals surface area contributed by atoms with E-state index in [1.165, 1.54) is 30.1 Å². The van der Waals surface area contributed by atoms with E-state index < -0.39 is 17.8 Å². The summed E-state index contributed by atoms with van der Waals surface area (Å²) in [4.78, 5) is 26.4. The van der Waals surface area contributed by atoms with E-state index in [-0.39, 0.29) is 18.1 Å². The Morgan fingerprint density at radius 2 is 1.80 bits per heavy atom. The van der Waals surface area contributed by atoms with Gasteiger partial charge in [0.1, 0.15) is 12.1 Å². The van der Waals surface area contributed by atoms with Crippen LogP contribution in [0.5, 0.6) is 0 Å². The molecule has 35 heavy (non-hydrogen) atoms. The lowest BCUT2D eigenvalue weighted by Crippen LogP contribution is -2.47. The van der Waals surface area contributed by atoms with E-state index in [0.29, 0.717) is 23.1 Å². The number of amides is 1. The molecule has 0 bridgehead atoms. The molecule has 2 aromatic rings. The van der Waals surface area contributed by atoms with Crippen LogP contribution in [0.2, 0.25) is 0 Å². The molecule has 0 fully saturated rings. The van der Waals surface area contributed by atoms with Crippen molar-refractivity contribution in [2.24, 2.45) is 0 Å². The SMILES string of the molecule is C.C=C(C)C#N.CNC(=O)c1ccc(N(C(=S)N(C)c2ccc(C#N)c(C)c2)C(C)C=O)cc1F. The molecule has 7 nitrogen and oxygen atoms in total. The van der Waals surface area contributed by atoms with Crippen molar-refractivity contribution in [1.82, 2.24) is 5.32 Å². The molecule has 2 aromatic carbocycles. The lowest BCUT2D eigenvalue weighted by molar-refractivity contribution is -0.108. The summed E-state index contributed by atoms with van der Waals surface area (Å²) in [7, 11) is 3.14. The number of hydrogen-bond acceptors (Lipinski definition) is 5. The molecule has 0 aliphatic heterocycles. The molecule has 0 aliphatic carbocycles. The number of anilines is 2. The Labute approximate surface area is 212 Å². The maximum Gasteiger partial charge on any atom is 0.253 e. The van der Waals surface area contributed by atoms with Gasteiger partial charge < -0.3 is 19.9 Å². The normalized spacial score (nSPS) is 10.1. The molecule has 0 saturated heterocycles. The number of aldehydes is 1. The first-order chi connectivity index (χ1) is 16.0. The predicted octanol–water partition coefficient (Wildman–Crippen LogP) is 4.90. The van der Waals surface area contributed by atoms with Gasteiger partial charge in [0.05, 0.1) is 29.3 Å². The highest BCUT2D eigenvalue weighted by atomic mass is 32.1. The van der Waals surface area contributed by atoms with Gasteiger partial charge in [0.25, 0.3) is 5.91 Å². The van der Waals surface area contributed by atoms with Crippen LogP contribution in [0.15, 0.2) is 48.6 Å². The first-order valence-corrected chi connectivity index (χ1v) is 10.5. The fourth-order valence-corrected chi connectivity index (χ4v) is 3.18. The van der Waals surface area contributed by atoms with Gasteiger partial charge in [0.2, 0.25) is 0 Å².